The molecule has 0 aromatic heterocycles. The van der Waals surface area contributed by atoms with Gasteiger partial charge in [-0.15, -0.1) is 0 Å². The van der Waals surface area contributed by atoms with Crippen molar-refractivity contribution >= 4 is 53.2 Å². The van der Waals surface area contributed by atoms with Gasteiger partial charge in [0.25, 0.3) is 0 Å². The number of nitrogens with one attached hydrogen (secondary N) is 9. The summed E-state index contributed by atoms with van der Waals surface area (Å²) in [4.78, 5) is 125. The van der Waals surface area contributed by atoms with Crippen molar-refractivity contribution in [2.45, 2.75) is 179 Å². The molecule has 0 spiro atoms. The molecule has 406 valence electrons. The van der Waals surface area contributed by atoms with Crippen LogP contribution in [0.3, 0.4) is 0 Å². The predicted octanol–water partition coefficient (Wildman–Crippen LogP) is -1.13. The maximum absolute atomic E-state index is 14.3. The zero-order valence-electron chi connectivity index (χ0n) is 43.3. The maximum Gasteiger partial charge on any atom is 0.244 e. The lowest BCUT2D eigenvalue weighted by Crippen LogP contribution is -2.61. The lowest BCUT2D eigenvalue weighted by molar-refractivity contribution is -0.136. The van der Waals surface area contributed by atoms with Gasteiger partial charge in [-0.2, -0.15) is 0 Å². The normalized spacial score (nSPS) is 22.9. The van der Waals surface area contributed by atoms with Gasteiger partial charge >= 0.3 is 0 Å². The Morgan fingerprint density at radius 3 is 1.49 bits per heavy atom. The molecule has 2 rings (SSSR count). The number of carbonyl (C=O) groups is 9. The maximum atomic E-state index is 14.3. The SMILES string of the molecule is CCCCCCCCCC(=O)N[C@H](CN)C(=O)NC1CCNC(=O)[C@H](CC(C)C)NC(=O)[C@H](CCN)NC(=O)[C@H](CCN)NC(=O)[C@H](CC(C)C)NC(=O)[C@@H](Cc2ccccc2)NC(=O)C(CCN)NC1=O. The molecule has 1 aromatic rings. The highest BCUT2D eigenvalue weighted by atomic mass is 16.2. The van der Waals surface area contributed by atoms with Crippen LogP contribution in [0.5, 0.6) is 0 Å². The number of nitrogens with two attached hydrogens (primary N) is 4. The highest BCUT2D eigenvalue weighted by Gasteiger charge is 2.35. The summed E-state index contributed by atoms with van der Waals surface area (Å²) in [5, 5.41) is 24.2. The first-order valence-corrected chi connectivity index (χ1v) is 25.9. The summed E-state index contributed by atoms with van der Waals surface area (Å²) in [6.45, 7) is 8.78. The smallest absolute Gasteiger partial charge is 0.244 e. The van der Waals surface area contributed by atoms with Gasteiger partial charge in [0, 0.05) is 25.9 Å². The molecule has 0 bridgehead atoms. The van der Waals surface area contributed by atoms with Gasteiger partial charge in [0.2, 0.25) is 53.2 Å². The van der Waals surface area contributed by atoms with E-state index in [1.807, 2.05) is 27.7 Å². The van der Waals surface area contributed by atoms with E-state index in [0.717, 1.165) is 38.5 Å². The summed E-state index contributed by atoms with van der Waals surface area (Å²) in [5.41, 5.74) is 24.3. The molecule has 22 heteroatoms. The summed E-state index contributed by atoms with van der Waals surface area (Å²) in [7, 11) is 0. The van der Waals surface area contributed by atoms with Crippen molar-refractivity contribution < 1.29 is 43.2 Å². The van der Waals surface area contributed by atoms with Crippen molar-refractivity contribution in [1.29, 1.82) is 0 Å². The number of benzene rings is 1. The van der Waals surface area contributed by atoms with Crippen LogP contribution in [0.25, 0.3) is 0 Å². The Morgan fingerprint density at radius 2 is 1.00 bits per heavy atom. The Kier molecular flexibility index (Phi) is 30.0. The summed E-state index contributed by atoms with van der Waals surface area (Å²) in [5.74, 6) is -6.70. The van der Waals surface area contributed by atoms with E-state index in [9.17, 15) is 43.2 Å². The third-order valence-electron chi connectivity index (χ3n) is 12.1. The first-order valence-electron chi connectivity index (χ1n) is 25.9. The number of amides is 9. The van der Waals surface area contributed by atoms with Gasteiger partial charge in [0.05, 0.1) is 0 Å². The Balaban J connectivity index is 2.64. The standard InChI is InChI=1S/C50H87N13O9/c1-6-7-8-9-10-11-15-18-42(64)56-41(30-54)50(72)60-37-22-26-55-43(65)38(27-31(2)3)61-45(67)35(20-24-52)57-44(66)34(19-23-51)59-48(70)39(28-32(4)5)62-49(71)40(29-33-16-13-12-14-17-33)63-46(68)36(21-25-53)58-47(37)69/h12-14,16-17,31-32,34-41H,6-11,15,18-30,51-54H2,1-5H3,(H,55,65)(H,56,64)(H,57,66)(H,58,69)(H,59,70)(H,60,72)(H,61,67)(H,62,71)(H,63,68)/t34-,35-,36?,37?,38-,39-,40+,41+/m0/s1. The van der Waals surface area contributed by atoms with E-state index in [-0.39, 0.29) is 95.9 Å². The lowest BCUT2D eigenvalue weighted by Gasteiger charge is -2.28. The van der Waals surface area contributed by atoms with Gasteiger partial charge in [-0.3, -0.25) is 43.2 Å². The Hall–Kier alpha value is -5.71. The van der Waals surface area contributed by atoms with Crippen LogP contribution in [0, 0.1) is 11.8 Å². The second-order valence-electron chi connectivity index (χ2n) is 19.4. The molecule has 0 radical (unpaired) electrons. The van der Waals surface area contributed by atoms with Gasteiger partial charge in [0.1, 0.15) is 48.3 Å². The van der Waals surface area contributed by atoms with E-state index in [2.05, 4.69) is 54.8 Å². The highest BCUT2D eigenvalue weighted by molar-refractivity contribution is 5.98. The molecule has 72 heavy (non-hydrogen) atoms. The van der Waals surface area contributed by atoms with Crippen molar-refractivity contribution in [2.75, 3.05) is 32.7 Å². The molecule has 0 aliphatic carbocycles. The van der Waals surface area contributed by atoms with Gasteiger partial charge in [-0.25, -0.2) is 0 Å². The van der Waals surface area contributed by atoms with Crippen LogP contribution in [-0.4, -0.2) is 134 Å². The Bertz CT molecular complexity index is 1870. The molecular weight excluding hydrogens is 927 g/mol. The molecule has 1 aliphatic rings. The minimum absolute atomic E-state index is 0.0360. The monoisotopic (exact) mass is 1010 g/mol. The molecule has 8 atom stereocenters. The molecule has 1 heterocycles. The van der Waals surface area contributed by atoms with Crippen molar-refractivity contribution in [3.63, 3.8) is 0 Å². The number of hydrogen-bond acceptors (Lipinski definition) is 13. The van der Waals surface area contributed by atoms with Gasteiger partial charge in [-0.1, -0.05) is 103 Å². The van der Waals surface area contributed by atoms with Crippen LogP contribution in [0.1, 0.15) is 130 Å². The quantitative estimate of drug-likeness (QED) is 0.0546. The van der Waals surface area contributed by atoms with Gasteiger partial charge in [-0.05, 0) is 82.0 Å². The van der Waals surface area contributed by atoms with Crippen LogP contribution in [0.4, 0.5) is 0 Å². The lowest BCUT2D eigenvalue weighted by atomic mass is 10.00. The van der Waals surface area contributed by atoms with E-state index in [0.29, 0.717) is 12.0 Å². The zero-order chi connectivity index (χ0) is 53.6. The van der Waals surface area contributed by atoms with E-state index in [1.165, 1.54) is 0 Å². The molecule has 0 saturated carbocycles. The van der Waals surface area contributed by atoms with Crippen molar-refractivity contribution in [3.8, 4) is 0 Å². The topological polar surface area (TPSA) is 366 Å². The summed E-state index contributed by atoms with van der Waals surface area (Å²) in [6, 6.07) is -1.38. The first kappa shape index (κ1) is 62.4. The molecule has 22 nitrogen and oxygen atoms in total. The van der Waals surface area contributed by atoms with Crippen LogP contribution in [0.15, 0.2) is 30.3 Å². The average Bonchev–Trinajstić information content (AvgIpc) is 3.33. The van der Waals surface area contributed by atoms with Crippen LogP contribution < -0.4 is 70.8 Å². The number of hydrogen-bond donors (Lipinski definition) is 13. The van der Waals surface area contributed by atoms with Gasteiger partial charge < -0.3 is 70.8 Å². The number of rotatable bonds is 24. The summed E-state index contributed by atoms with van der Waals surface area (Å²) in [6.07, 6.45) is 6.89. The zero-order valence-corrected chi connectivity index (χ0v) is 43.3. The fourth-order valence-electron chi connectivity index (χ4n) is 8.15. The second-order valence-corrected chi connectivity index (χ2v) is 19.4. The molecule has 1 aliphatic heterocycles. The van der Waals surface area contributed by atoms with Crippen LogP contribution in [-0.2, 0) is 49.6 Å². The summed E-state index contributed by atoms with van der Waals surface area (Å²) < 4.78 is 0. The highest BCUT2D eigenvalue weighted by Crippen LogP contribution is 2.12. The van der Waals surface area contributed by atoms with Crippen molar-refractivity contribution in [1.82, 2.24) is 47.9 Å². The molecule has 1 fully saturated rings. The number of carbonyl (C=O) groups excluding carboxylic acids is 9. The van der Waals surface area contributed by atoms with E-state index in [1.54, 1.807) is 30.3 Å². The van der Waals surface area contributed by atoms with Crippen LogP contribution >= 0.6 is 0 Å². The fourth-order valence-corrected chi connectivity index (χ4v) is 8.15. The van der Waals surface area contributed by atoms with Crippen molar-refractivity contribution in [3.05, 3.63) is 35.9 Å². The Labute approximate surface area is 425 Å². The predicted molar refractivity (Wildman–Crippen MR) is 275 cm³/mol. The number of unbranched alkanes of at least 4 members (excludes halogenated alkanes) is 6. The molecule has 17 N–H and O–H groups in total. The van der Waals surface area contributed by atoms with E-state index < -0.39 is 101 Å². The molecular formula is C50H87N13O9. The summed E-state index contributed by atoms with van der Waals surface area (Å²) >= 11 is 0. The molecule has 1 aromatic carbocycles. The molecule has 1 saturated heterocycles. The minimum Gasteiger partial charge on any atom is -0.354 e. The second kappa shape index (κ2) is 34.6. The molecule has 2 unspecified atom stereocenters. The van der Waals surface area contributed by atoms with E-state index >= 15 is 0 Å². The fraction of sp³-hybridized carbons (Fsp3) is 0.700. The van der Waals surface area contributed by atoms with Crippen LogP contribution in [0.2, 0.25) is 0 Å². The average molecular weight is 1010 g/mol. The first-order chi connectivity index (χ1) is 34.4. The third kappa shape index (κ3) is 23.7. The molecule has 9 amide bonds. The Morgan fingerprint density at radius 1 is 0.569 bits per heavy atom. The van der Waals surface area contributed by atoms with Crippen molar-refractivity contribution in [2.24, 2.45) is 34.8 Å². The third-order valence-corrected chi connectivity index (χ3v) is 12.1. The largest absolute Gasteiger partial charge is 0.354 e. The van der Waals surface area contributed by atoms with E-state index in [4.69, 9.17) is 22.9 Å². The minimum atomic E-state index is -1.43. The van der Waals surface area contributed by atoms with Gasteiger partial charge in [0.15, 0.2) is 0 Å².